The molecule has 4 rings (SSSR count). The summed E-state index contributed by atoms with van der Waals surface area (Å²) in [6, 6.07) is 15.8. The van der Waals surface area contributed by atoms with Crippen LogP contribution in [0, 0.1) is 0 Å². The van der Waals surface area contributed by atoms with Gasteiger partial charge in [0.05, 0.1) is 6.42 Å². The van der Waals surface area contributed by atoms with Gasteiger partial charge in [-0.05, 0) is 30.7 Å². The highest BCUT2D eigenvalue weighted by Crippen LogP contribution is 2.52. The van der Waals surface area contributed by atoms with Gasteiger partial charge in [-0.3, -0.25) is 10.1 Å². The van der Waals surface area contributed by atoms with Crippen LogP contribution in [-0.2, 0) is 15.9 Å². The molecular weight excluding hydrogens is 382 g/mol. The lowest BCUT2D eigenvalue weighted by Gasteiger charge is -2.46. The molecule has 2 aromatic rings. The van der Waals surface area contributed by atoms with Gasteiger partial charge in [0.25, 0.3) is 0 Å². The van der Waals surface area contributed by atoms with Crippen molar-refractivity contribution in [1.29, 1.82) is 0 Å². The summed E-state index contributed by atoms with van der Waals surface area (Å²) in [5.41, 5.74) is 6.50. The quantitative estimate of drug-likeness (QED) is 0.772. The standard InChI is InChI=1S/C19H18BrN3O2/c1-18(12-5-3-2-4-6-12)11-19(10-16(24)22-17(21)23-19)14-9-13(20)7-8-15(14)25-18/h2-9H,10-11H2,1H3,(H3,21,22,23,24)/t18-,19?/m1/s1. The summed E-state index contributed by atoms with van der Waals surface area (Å²) in [4.78, 5) is 17.0. The van der Waals surface area contributed by atoms with E-state index < -0.39 is 11.1 Å². The summed E-state index contributed by atoms with van der Waals surface area (Å²) in [5, 5.41) is 2.60. The summed E-state index contributed by atoms with van der Waals surface area (Å²) in [7, 11) is 0. The average molecular weight is 400 g/mol. The van der Waals surface area contributed by atoms with Gasteiger partial charge in [0.15, 0.2) is 5.96 Å². The van der Waals surface area contributed by atoms with Crippen LogP contribution in [0.2, 0.25) is 0 Å². The highest BCUT2D eigenvalue weighted by atomic mass is 79.9. The van der Waals surface area contributed by atoms with Gasteiger partial charge in [-0.2, -0.15) is 0 Å². The molecule has 1 unspecified atom stereocenters. The van der Waals surface area contributed by atoms with Crippen molar-refractivity contribution < 1.29 is 9.53 Å². The van der Waals surface area contributed by atoms with Gasteiger partial charge in [-0.15, -0.1) is 0 Å². The highest BCUT2D eigenvalue weighted by Gasteiger charge is 2.50. The number of guanidine groups is 1. The Bertz CT molecular complexity index is 883. The van der Waals surface area contributed by atoms with Crippen LogP contribution in [0.4, 0.5) is 0 Å². The number of carbonyl (C=O) groups excluding carboxylic acids is 1. The Morgan fingerprint density at radius 3 is 2.72 bits per heavy atom. The van der Waals surface area contributed by atoms with Gasteiger partial charge in [-0.25, -0.2) is 4.99 Å². The first kappa shape index (κ1) is 16.1. The van der Waals surface area contributed by atoms with E-state index in [-0.39, 0.29) is 18.3 Å². The maximum absolute atomic E-state index is 12.3. The summed E-state index contributed by atoms with van der Waals surface area (Å²) in [6.45, 7) is 2.04. The number of nitrogens with two attached hydrogens (primary N) is 1. The molecule has 2 heterocycles. The smallest absolute Gasteiger partial charge is 0.229 e. The lowest BCUT2D eigenvalue weighted by molar-refractivity contribution is -0.122. The number of aliphatic imine (C=N–C) groups is 1. The second-order valence-corrected chi connectivity index (χ2v) is 7.69. The number of hydrogen-bond donors (Lipinski definition) is 2. The summed E-state index contributed by atoms with van der Waals surface area (Å²) in [5.74, 6) is 0.752. The monoisotopic (exact) mass is 399 g/mol. The fourth-order valence-electron chi connectivity index (χ4n) is 3.85. The molecule has 0 saturated carbocycles. The zero-order valence-corrected chi connectivity index (χ0v) is 15.3. The van der Waals surface area contributed by atoms with E-state index in [2.05, 4.69) is 26.2 Å². The lowest BCUT2D eigenvalue weighted by atomic mass is 9.72. The molecule has 6 heteroatoms. The van der Waals surface area contributed by atoms with Crippen molar-refractivity contribution in [2.75, 3.05) is 0 Å². The van der Waals surface area contributed by atoms with Crippen molar-refractivity contribution >= 4 is 27.8 Å². The SMILES string of the molecule is C[C@]1(c2ccccc2)CC2(CC(=O)NC(N)=N2)c2cc(Br)ccc2O1. The number of benzene rings is 2. The van der Waals surface area contributed by atoms with Crippen molar-refractivity contribution in [2.45, 2.75) is 30.9 Å². The Hall–Kier alpha value is -2.34. The third-order valence-electron chi connectivity index (χ3n) is 4.85. The van der Waals surface area contributed by atoms with E-state index in [0.717, 1.165) is 21.3 Å². The zero-order valence-electron chi connectivity index (χ0n) is 13.8. The number of nitrogens with zero attached hydrogens (tertiary/aromatic N) is 1. The minimum atomic E-state index is -0.742. The Balaban J connectivity index is 1.93. The third kappa shape index (κ3) is 2.70. The molecule has 2 atom stereocenters. The molecule has 0 saturated heterocycles. The molecule has 25 heavy (non-hydrogen) atoms. The molecule has 3 N–H and O–H groups in total. The average Bonchev–Trinajstić information content (AvgIpc) is 2.55. The van der Waals surface area contributed by atoms with Crippen LogP contribution in [0.3, 0.4) is 0 Å². The van der Waals surface area contributed by atoms with Crippen LogP contribution >= 0.6 is 15.9 Å². The van der Waals surface area contributed by atoms with E-state index in [1.807, 2.05) is 55.5 Å². The maximum atomic E-state index is 12.3. The van der Waals surface area contributed by atoms with E-state index in [9.17, 15) is 4.79 Å². The fourth-order valence-corrected chi connectivity index (χ4v) is 4.21. The zero-order chi connectivity index (χ0) is 17.7. The van der Waals surface area contributed by atoms with Gasteiger partial charge in [-0.1, -0.05) is 46.3 Å². The van der Waals surface area contributed by atoms with Gasteiger partial charge >= 0.3 is 0 Å². The predicted molar refractivity (Wildman–Crippen MR) is 99.2 cm³/mol. The molecule has 2 aliphatic rings. The van der Waals surface area contributed by atoms with Crippen LogP contribution in [0.25, 0.3) is 0 Å². The summed E-state index contributed by atoms with van der Waals surface area (Å²) in [6.07, 6.45) is 0.768. The lowest BCUT2D eigenvalue weighted by Crippen LogP contribution is -2.52. The van der Waals surface area contributed by atoms with Gasteiger partial charge in [0, 0.05) is 16.5 Å². The number of carbonyl (C=O) groups is 1. The summed E-state index contributed by atoms with van der Waals surface area (Å²) >= 11 is 3.51. The van der Waals surface area contributed by atoms with Crippen molar-refractivity contribution in [3.05, 3.63) is 64.1 Å². The summed E-state index contributed by atoms with van der Waals surface area (Å²) < 4.78 is 7.31. The van der Waals surface area contributed by atoms with Crippen LogP contribution in [0.15, 0.2) is 58.0 Å². The Labute approximate surface area is 154 Å². The maximum Gasteiger partial charge on any atom is 0.229 e. The number of halogens is 1. The second-order valence-electron chi connectivity index (χ2n) is 6.77. The molecule has 2 aliphatic heterocycles. The Morgan fingerprint density at radius 2 is 2.00 bits per heavy atom. The first-order valence-electron chi connectivity index (χ1n) is 8.10. The van der Waals surface area contributed by atoms with Gasteiger partial charge in [0.1, 0.15) is 16.9 Å². The largest absolute Gasteiger partial charge is 0.482 e. The molecule has 1 spiro atoms. The Morgan fingerprint density at radius 1 is 1.24 bits per heavy atom. The van der Waals surface area contributed by atoms with Crippen LogP contribution in [0.5, 0.6) is 5.75 Å². The minimum absolute atomic E-state index is 0.129. The van der Waals surface area contributed by atoms with Gasteiger partial charge < -0.3 is 10.5 Å². The van der Waals surface area contributed by atoms with E-state index in [1.165, 1.54) is 0 Å². The van der Waals surface area contributed by atoms with E-state index >= 15 is 0 Å². The van der Waals surface area contributed by atoms with E-state index in [4.69, 9.17) is 10.5 Å². The van der Waals surface area contributed by atoms with Crippen LogP contribution in [0.1, 0.15) is 30.9 Å². The highest BCUT2D eigenvalue weighted by molar-refractivity contribution is 9.10. The Kier molecular flexibility index (Phi) is 3.61. The molecule has 0 aromatic heterocycles. The molecule has 1 amide bonds. The topological polar surface area (TPSA) is 76.7 Å². The molecule has 128 valence electrons. The molecule has 2 aromatic carbocycles. The van der Waals surface area contributed by atoms with Crippen molar-refractivity contribution in [2.24, 2.45) is 10.7 Å². The normalized spacial score (nSPS) is 27.9. The van der Waals surface area contributed by atoms with Crippen LogP contribution < -0.4 is 15.8 Å². The fraction of sp³-hybridized carbons (Fsp3) is 0.263. The van der Waals surface area contributed by atoms with Crippen LogP contribution in [-0.4, -0.2) is 11.9 Å². The molecule has 0 bridgehead atoms. The number of ether oxygens (including phenoxy) is 1. The molecule has 5 nitrogen and oxygen atoms in total. The first-order valence-corrected chi connectivity index (χ1v) is 8.89. The number of nitrogens with one attached hydrogen (secondary N) is 1. The number of fused-ring (bicyclic) bond motifs is 2. The van der Waals surface area contributed by atoms with E-state index in [1.54, 1.807) is 0 Å². The molecule has 0 fully saturated rings. The van der Waals surface area contributed by atoms with Crippen molar-refractivity contribution in [3.63, 3.8) is 0 Å². The molecular formula is C19H18BrN3O2. The molecule has 0 radical (unpaired) electrons. The van der Waals surface area contributed by atoms with E-state index in [0.29, 0.717) is 6.42 Å². The number of rotatable bonds is 1. The number of hydrogen-bond acceptors (Lipinski definition) is 4. The predicted octanol–water partition coefficient (Wildman–Crippen LogP) is 3.18. The third-order valence-corrected chi connectivity index (χ3v) is 5.34. The van der Waals surface area contributed by atoms with Crippen molar-refractivity contribution in [3.8, 4) is 5.75 Å². The van der Waals surface area contributed by atoms with Crippen molar-refractivity contribution in [1.82, 2.24) is 5.32 Å². The molecule has 0 aliphatic carbocycles. The second kappa shape index (κ2) is 5.59. The minimum Gasteiger partial charge on any atom is -0.482 e. The first-order chi connectivity index (χ1) is 11.9. The number of amides is 1. The van der Waals surface area contributed by atoms with Gasteiger partial charge in [0.2, 0.25) is 5.91 Å².